The summed E-state index contributed by atoms with van der Waals surface area (Å²) in [5.74, 6) is 0. The van der Waals surface area contributed by atoms with Crippen molar-refractivity contribution in [1.82, 2.24) is 19.2 Å². The van der Waals surface area contributed by atoms with Gasteiger partial charge in [-0.2, -0.15) is 5.10 Å². The third kappa shape index (κ3) is 3.83. The van der Waals surface area contributed by atoms with Gasteiger partial charge < -0.3 is 9.67 Å². The number of fused-ring (bicyclic) bond motifs is 3. The van der Waals surface area contributed by atoms with Gasteiger partial charge in [0, 0.05) is 48.3 Å². The quantitative estimate of drug-likeness (QED) is 0.663. The normalized spacial score (nSPS) is 26.0. The Morgan fingerprint density at radius 2 is 1.87 bits per heavy atom. The third-order valence-electron chi connectivity index (χ3n) is 7.13. The number of hydrogen-bond acceptors (Lipinski definition) is 4. The van der Waals surface area contributed by atoms with Crippen LogP contribution >= 0.6 is 0 Å². The predicted octanol–water partition coefficient (Wildman–Crippen LogP) is 3.47. The van der Waals surface area contributed by atoms with Crippen molar-refractivity contribution < 1.29 is 5.11 Å². The molecular weight excluding hydrogens is 388 g/mol. The van der Waals surface area contributed by atoms with E-state index in [1.807, 2.05) is 6.92 Å². The molecule has 2 saturated heterocycles. The maximum Gasteiger partial charge on any atom is 0.266 e. The number of para-hydroxylation sites is 1. The monoisotopic (exact) mass is 420 g/mol. The van der Waals surface area contributed by atoms with Gasteiger partial charge in [-0.3, -0.25) is 9.69 Å². The zero-order valence-corrected chi connectivity index (χ0v) is 18.5. The van der Waals surface area contributed by atoms with Crippen LogP contribution < -0.4 is 5.56 Å². The molecule has 3 aromatic rings. The summed E-state index contributed by atoms with van der Waals surface area (Å²) >= 11 is 0. The van der Waals surface area contributed by atoms with E-state index in [0.29, 0.717) is 24.9 Å². The van der Waals surface area contributed by atoms with Crippen LogP contribution in [-0.4, -0.2) is 42.0 Å². The molecule has 6 nitrogen and oxygen atoms in total. The number of rotatable bonds is 6. The molecule has 0 unspecified atom stereocenters. The molecule has 1 aromatic carbocycles. The van der Waals surface area contributed by atoms with Gasteiger partial charge in [-0.05, 0) is 56.7 Å². The smallest absolute Gasteiger partial charge is 0.266 e. The molecular formula is C25H32N4O2. The summed E-state index contributed by atoms with van der Waals surface area (Å²) in [5, 5.41) is 17.1. The number of hydrogen-bond donors (Lipinski definition) is 1. The third-order valence-corrected chi connectivity index (χ3v) is 7.13. The first kappa shape index (κ1) is 20.5. The molecule has 0 amide bonds. The van der Waals surface area contributed by atoms with Crippen LogP contribution in [0.5, 0.6) is 0 Å². The minimum Gasteiger partial charge on any atom is -0.388 e. The Bertz CT molecular complexity index is 1130. The van der Waals surface area contributed by atoms with Gasteiger partial charge in [0.2, 0.25) is 0 Å². The summed E-state index contributed by atoms with van der Waals surface area (Å²) < 4.78 is 3.82. The summed E-state index contributed by atoms with van der Waals surface area (Å²) in [6, 6.07) is 12.6. The molecule has 2 bridgehead atoms. The second-order valence-electron chi connectivity index (χ2n) is 9.53. The number of aryl methyl sites for hydroxylation is 2. The van der Waals surface area contributed by atoms with Crippen LogP contribution in [0.4, 0.5) is 0 Å². The van der Waals surface area contributed by atoms with Crippen LogP contribution in [0.15, 0.2) is 47.4 Å². The van der Waals surface area contributed by atoms with Gasteiger partial charge in [0.1, 0.15) is 0 Å². The second-order valence-corrected chi connectivity index (χ2v) is 9.53. The van der Waals surface area contributed by atoms with E-state index in [2.05, 4.69) is 52.0 Å². The lowest BCUT2D eigenvalue weighted by Gasteiger charge is -2.43. The molecule has 0 saturated carbocycles. The molecule has 6 heteroatoms. The summed E-state index contributed by atoms with van der Waals surface area (Å²) in [6.45, 7) is 6.33. The first-order valence-corrected chi connectivity index (χ1v) is 11.6. The maximum absolute atomic E-state index is 12.2. The highest BCUT2D eigenvalue weighted by Gasteiger charge is 2.47. The van der Waals surface area contributed by atoms with E-state index in [0.717, 1.165) is 38.0 Å². The first-order valence-electron chi connectivity index (χ1n) is 11.6. The molecule has 31 heavy (non-hydrogen) atoms. The number of nitrogens with zero attached hydrogens (tertiary/aromatic N) is 4. The molecule has 2 atom stereocenters. The number of piperidine rings is 1. The van der Waals surface area contributed by atoms with Crippen molar-refractivity contribution in [3.63, 3.8) is 0 Å². The average Bonchev–Trinajstić information content (AvgIpc) is 3.21. The lowest BCUT2D eigenvalue weighted by atomic mass is 9.85. The van der Waals surface area contributed by atoms with Gasteiger partial charge in [-0.25, -0.2) is 4.68 Å². The lowest BCUT2D eigenvalue weighted by molar-refractivity contribution is -0.0677. The van der Waals surface area contributed by atoms with Crippen molar-refractivity contribution in [3.8, 4) is 0 Å². The van der Waals surface area contributed by atoms with Gasteiger partial charge in [0.25, 0.3) is 5.56 Å². The molecule has 0 radical (unpaired) electrons. The first-order chi connectivity index (χ1) is 15.0. The van der Waals surface area contributed by atoms with E-state index < -0.39 is 5.60 Å². The lowest BCUT2D eigenvalue weighted by Crippen LogP contribution is -2.53. The zero-order valence-electron chi connectivity index (χ0n) is 18.5. The highest BCUT2D eigenvalue weighted by atomic mass is 16.3. The minimum absolute atomic E-state index is 0.141. The van der Waals surface area contributed by atoms with E-state index in [4.69, 9.17) is 0 Å². The summed E-state index contributed by atoms with van der Waals surface area (Å²) in [4.78, 5) is 14.8. The Morgan fingerprint density at radius 3 is 2.61 bits per heavy atom. The zero-order chi connectivity index (χ0) is 21.6. The molecule has 2 aliphatic rings. The molecule has 1 N–H and O–H groups in total. The Morgan fingerprint density at radius 1 is 1.13 bits per heavy atom. The fourth-order valence-corrected chi connectivity index (χ4v) is 5.82. The van der Waals surface area contributed by atoms with Crippen molar-refractivity contribution in [1.29, 1.82) is 0 Å². The predicted molar refractivity (Wildman–Crippen MR) is 122 cm³/mol. The van der Waals surface area contributed by atoms with Gasteiger partial charge in [0.15, 0.2) is 0 Å². The topological polar surface area (TPSA) is 63.3 Å². The fraction of sp³-hybridized carbons (Fsp3) is 0.520. The Hall–Kier alpha value is -2.44. The summed E-state index contributed by atoms with van der Waals surface area (Å²) in [5.41, 5.74) is 2.47. The van der Waals surface area contributed by atoms with Crippen molar-refractivity contribution in [2.75, 3.05) is 0 Å². The highest BCUT2D eigenvalue weighted by molar-refractivity contribution is 5.84. The molecule has 2 aromatic heterocycles. The van der Waals surface area contributed by atoms with E-state index >= 15 is 0 Å². The van der Waals surface area contributed by atoms with Crippen LogP contribution in [0.25, 0.3) is 10.9 Å². The van der Waals surface area contributed by atoms with Crippen LogP contribution in [0.2, 0.25) is 0 Å². The number of benzene rings is 1. The van der Waals surface area contributed by atoms with Crippen molar-refractivity contribution in [2.24, 2.45) is 0 Å². The SMILES string of the molecule is CCCn1cc(CN2[C@H]3CC[C@H]2CC(O)(Cn2nc(C)ccc2=O)C3)c2ccccc21. The molecule has 4 heterocycles. The Kier molecular flexibility index (Phi) is 5.22. The van der Waals surface area contributed by atoms with Crippen LogP contribution in [-0.2, 0) is 19.6 Å². The van der Waals surface area contributed by atoms with Crippen molar-refractivity contribution in [2.45, 2.75) is 83.3 Å². The Labute approximate surface area is 183 Å². The number of aromatic nitrogens is 3. The highest BCUT2D eigenvalue weighted by Crippen LogP contribution is 2.42. The van der Waals surface area contributed by atoms with E-state index in [1.54, 1.807) is 12.1 Å². The standard InChI is InChI=1S/C25H32N4O2/c1-3-12-27-15-19(22-6-4-5-7-23(22)27)16-28-20-9-10-21(28)14-25(31,13-20)17-29-24(30)11-8-18(2)26-29/h4-8,11,15,20-21,31H,3,9-10,12-14,16-17H2,1-2H3/t20-,21-/m0/s1. The average molecular weight is 421 g/mol. The van der Waals surface area contributed by atoms with Gasteiger partial charge in [0.05, 0.1) is 17.8 Å². The van der Waals surface area contributed by atoms with E-state index in [-0.39, 0.29) is 12.1 Å². The maximum atomic E-state index is 12.2. The summed E-state index contributed by atoms with van der Waals surface area (Å²) in [6.07, 6.45) is 7.04. The van der Waals surface area contributed by atoms with Crippen molar-refractivity contribution >= 4 is 10.9 Å². The van der Waals surface area contributed by atoms with Gasteiger partial charge in [-0.1, -0.05) is 25.1 Å². The minimum atomic E-state index is -0.872. The molecule has 5 rings (SSSR count). The fourth-order valence-electron chi connectivity index (χ4n) is 5.82. The van der Waals surface area contributed by atoms with Gasteiger partial charge in [-0.15, -0.1) is 0 Å². The van der Waals surface area contributed by atoms with E-state index in [1.165, 1.54) is 21.1 Å². The van der Waals surface area contributed by atoms with Crippen LogP contribution in [0.3, 0.4) is 0 Å². The van der Waals surface area contributed by atoms with Crippen molar-refractivity contribution in [3.05, 3.63) is 64.2 Å². The molecule has 2 aliphatic heterocycles. The van der Waals surface area contributed by atoms with Crippen LogP contribution in [0.1, 0.15) is 50.3 Å². The van der Waals surface area contributed by atoms with E-state index in [9.17, 15) is 9.90 Å². The molecule has 2 fully saturated rings. The van der Waals surface area contributed by atoms with Crippen LogP contribution in [0, 0.1) is 6.92 Å². The van der Waals surface area contributed by atoms with Gasteiger partial charge >= 0.3 is 0 Å². The molecule has 164 valence electrons. The largest absolute Gasteiger partial charge is 0.388 e. The molecule has 0 aliphatic carbocycles. The molecule has 0 spiro atoms. The Balaban J connectivity index is 1.37. The second kappa shape index (κ2) is 7.92. The number of aliphatic hydroxyl groups is 1. The summed E-state index contributed by atoms with van der Waals surface area (Å²) in [7, 11) is 0.